The maximum Gasteiger partial charge on any atom is 0.512 e. The second kappa shape index (κ2) is 4.36. The molecule has 2 aromatic rings. The van der Waals surface area contributed by atoms with Gasteiger partial charge >= 0.3 is 7.12 Å². The number of aromatic nitrogens is 1. The molecule has 1 saturated heterocycles. The molecule has 0 aliphatic carbocycles. The van der Waals surface area contributed by atoms with Crippen LogP contribution in [0.3, 0.4) is 0 Å². The third-order valence-corrected chi connectivity index (χ3v) is 4.88. The van der Waals surface area contributed by atoms with Gasteiger partial charge in [-0.3, -0.25) is 0 Å². The first-order chi connectivity index (χ1) is 9.19. The number of aryl methyl sites for hydroxylation is 1. The van der Waals surface area contributed by atoms with Gasteiger partial charge in [0.25, 0.3) is 0 Å². The number of H-pyrrole nitrogens is 1. The van der Waals surface area contributed by atoms with E-state index in [0.29, 0.717) is 0 Å². The Morgan fingerprint density at radius 3 is 2.25 bits per heavy atom. The molecule has 0 spiro atoms. The van der Waals surface area contributed by atoms with Gasteiger partial charge < -0.3 is 14.3 Å². The Morgan fingerprint density at radius 2 is 1.65 bits per heavy atom. The zero-order chi connectivity index (χ0) is 14.7. The third-order valence-electron chi connectivity index (χ3n) is 4.42. The maximum atomic E-state index is 6.08. The topological polar surface area (TPSA) is 34.2 Å². The lowest BCUT2D eigenvalue weighted by Gasteiger charge is -2.32. The fraction of sp³-hybridized carbons (Fsp3) is 0.467. The van der Waals surface area contributed by atoms with Gasteiger partial charge in [0.2, 0.25) is 0 Å². The molecule has 1 N–H and O–H groups in total. The van der Waals surface area contributed by atoms with Crippen molar-refractivity contribution in [3.8, 4) is 0 Å². The number of halogens is 1. The van der Waals surface area contributed by atoms with Crippen LogP contribution in [-0.4, -0.2) is 23.3 Å². The monoisotopic (exact) mass is 335 g/mol. The second-order valence-corrected chi connectivity index (χ2v) is 7.42. The molecule has 106 valence electrons. The molecule has 1 aromatic heterocycles. The van der Waals surface area contributed by atoms with Gasteiger partial charge in [-0.15, -0.1) is 0 Å². The van der Waals surface area contributed by atoms with Crippen molar-refractivity contribution in [2.75, 3.05) is 0 Å². The highest BCUT2D eigenvalue weighted by Crippen LogP contribution is 2.36. The summed E-state index contributed by atoms with van der Waals surface area (Å²) in [4.78, 5) is 3.44. The number of hydrogen-bond donors (Lipinski definition) is 1. The molecular formula is C15H19BBrNO2. The molecule has 0 saturated carbocycles. The number of nitrogens with one attached hydrogen (secondary N) is 1. The Kier molecular flexibility index (Phi) is 3.09. The molecule has 1 aromatic carbocycles. The molecule has 0 radical (unpaired) electrons. The highest BCUT2D eigenvalue weighted by atomic mass is 79.9. The Labute approximate surface area is 128 Å². The van der Waals surface area contributed by atoms with E-state index in [0.717, 1.165) is 15.6 Å². The molecule has 1 fully saturated rings. The molecular weight excluding hydrogens is 317 g/mol. The van der Waals surface area contributed by atoms with Gasteiger partial charge in [0.1, 0.15) is 0 Å². The molecule has 1 aliphatic heterocycles. The highest BCUT2D eigenvalue weighted by Gasteiger charge is 2.52. The summed E-state index contributed by atoms with van der Waals surface area (Å²) in [5, 5.41) is 1.17. The molecule has 1 aliphatic rings. The summed E-state index contributed by atoms with van der Waals surface area (Å²) in [5.74, 6) is 0. The first-order valence-corrected chi connectivity index (χ1v) is 7.63. The van der Waals surface area contributed by atoms with Crippen LogP contribution in [-0.2, 0) is 9.31 Å². The van der Waals surface area contributed by atoms with Crippen molar-refractivity contribution in [3.63, 3.8) is 0 Å². The number of rotatable bonds is 1. The number of fused-ring (bicyclic) bond motifs is 1. The fourth-order valence-corrected chi connectivity index (χ4v) is 3.09. The van der Waals surface area contributed by atoms with Gasteiger partial charge in [-0.2, -0.15) is 0 Å². The van der Waals surface area contributed by atoms with Crippen molar-refractivity contribution in [2.45, 2.75) is 45.8 Å². The zero-order valence-corrected chi connectivity index (χ0v) is 14.1. The smallest absolute Gasteiger partial charge is 0.398 e. The molecule has 0 amide bonds. The van der Waals surface area contributed by atoms with E-state index < -0.39 is 0 Å². The Balaban J connectivity index is 2.03. The first kappa shape index (κ1) is 14.2. The molecule has 3 nitrogen and oxygen atoms in total. The van der Waals surface area contributed by atoms with Crippen LogP contribution in [0.4, 0.5) is 0 Å². The van der Waals surface area contributed by atoms with Crippen LogP contribution in [0.2, 0.25) is 0 Å². The van der Waals surface area contributed by atoms with E-state index in [-0.39, 0.29) is 18.3 Å². The van der Waals surface area contributed by atoms with Crippen molar-refractivity contribution >= 4 is 39.5 Å². The second-order valence-electron chi connectivity index (χ2n) is 6.50. The average molecular weight is 336 g/mol. The van der Waals surface area contributed by atoms with Crippen LogP contribution in [0.25, 0.3) is 10.9 Å². The number of hydrogen-bond acceptors (Lipinski definition) is 2. The summed E-state index contributed by atoms with van der Waals surface area (Å²) in [5.41, 5.74) is 2.68. The lowest BCUT2D eigenvalue weighted by molar-refractivity contribution is 0.00578. The average Bonchev–Trinajstić information content (AvgIpc) is 2.78. The number of benzene rings is 1. The van der Waals surface area contributed by atoms with Gasteiger partial charge in [0.05, 0.1) is 11.2 Å². The quantitative estimate of drug-likeness (QED) is 0.809. The minimum Gasteiger partial charge on any atom is -0.398 e. The molecule has 3 rings (SSSR count). The Bertz CT molecular complexity index is 662. The lowest BCUT2D eigenvalue weighted by atomic mass is 9.85. The fourth-order valence-electron chi connectivity index (χ4n) is 2.50. The summed E-state index contributed by atoms with van der Waals surface area (Å²) >= 11 is 3.54. The third kappa shape index (κ3) is 2.12. The van der Waals surface area contributed by atoms with E-state index in [1.54, 1.807) is 0 Å². The normalized spacial score (nSPS) is 20.8. The highest BCUT2D eigenvalue weighted by molar-refractivity contribution is 9.10. The molecule has 0 unspecified atom stereocenters. The SMILES string of the molecule is Cc1cc(Br)cc2cc(B3OC(C)(C)C(C)(C)O3)[nH]c12. The van der Waals surface area contributed by atoms with Gasteiger partial charge in [0.15, 0.2) is 0 Å². The summed E-state index contributed by atoms with van der Waals surface area (Å²) in [6, 6.07) is 6.32. The molecule has 20 heavy (non-hydrogen) atoms. The van der Waals surface area contributed by atoms with Crippen LogP contribution in [0.1, 0.15) is 33.3 Å². The van der Waals surface area contributed by atoms with Crippen LogP contribution in [0.5, 0.6) is 0 Å². The minimum atomic E-state index is -0.342. The standard InChI is InChI=1S/C15H19BBrNO2/c1-9-6-11(17)7-10-8-12(18-13(9)10)16-19-14(2,3)15(4,5)20-16/h6-8,18H,1-5H3. The summed E-state index contributed by atoms with van der Waals surface area (Å²) in [6.07, 6.45) is 0. The summed E-state index contributed by atoms with van der Waals surface area (Å²) in [7, 11) is -0.342. The van der Waals surface area contributed by atoms with E-state index in [1.165, 1.54) is 10.9 Å². The number of aromatic amines is 1. The molecule has 2 heterocycles. The summed E-state index contributed by atoms with van der Waals surface area (Å²) < 4.78 is 13.3. The van der Waals surface area contributed by atoms with Gasteiger partial charge in [-0.25, -0.2) is 0 Å². The van der Waals surface area contributed by atoms with Gasteiger partial charge in [-0.1, -0.05) is 15.9 Å². The zero-order valence-electron chi connectivity index (χ0n) is 12.5. The van der Waals surface area contributed by atoms with Gasteiger partial charge in [0, 0.05) is 21.0 Å². The van der Waals surface area contributed by atoms with Gasteiger partial charge in [-0.05, 0) is 58.4 Å². The predicted molar refractivity (Wildman–Crippen MR) is 86.5 cm³/mol. The van der Waals surface area contributed by atoms with Crippen molar-refractivity contribution in [1.82, 2.24) is 4.98 Å². The van der Waals surface area contributed by atoms with Crippen LogP contribution in [0, 0.1) is 6.92 Å². The molecule has 5 heteroatoms. The van der Waals surface area contributed by atoms with Crippen molar-refractivity contribution < 1.29 is 9.31 Å². The van der Waals surface area contributed by atoms with Crippen molar-refractivity contribution in [3.05, 3.63) is 28.2 Å². The Morgan fingerprint density at radius 1 is 1.05 bits per heavy atom. The molecule has 0 bridgehead atoms. The summed E-state index contributed by atoms with van der Waals surface area (Å²) in [6.45, 7) is 10.4. The van der Waals surface area contributed by atoms with E-state index in [4.69, 9.17) is 9.31 Å². The van der Waals surface area contributed by atoms with Crippen LogP contribution < -0.4 is 5.59 Å². The van der Waals surface area contributed by atoms with E-state index >= 15 is 0 Å². The van der Waals surface area contributed by atoms with E-state index in [9.17, 15) is 0 Å². The maximum absolute atomic E-state index is 6.08. The van der Waals surface area contributed by atoms with Crippen molar-refractivity contribution in [1.29, 1.82) is 0 Å². The first-order valence-electron chi connectivity index (χ1n) is 6.84. The minimum absolute atomic E-state index is 0.315. The largest absolute Gasteiger partial charge is 0.512 e. The van der Waals surface area contributed by atoms with Crippen LogP contribution in [0.15, 0.2) is 22.7 Å². The predicted octanol–water partition coefficient (Wildman–Crippen LogP) is 3.54. The lowest BCUT2D eigenvalue weighted by Crippen LogP contribution is -2.41. The molecule has 0 atom stereocenters. The van der Waals surface area contributed by atoms with Crippen molar-refractivity contribution in [2.24, 2.45) is 0 Å². The Hall–Kier alpha value is -0.775. The van der Waals surface area contributed by atoms with E-state index in [2.05, 4.69) is 73.7 Å². The van der Waals surface area contributed by atoms with Crippen LogP contribution >= 0.6 is 15.9 Å². The van der Waals surface area contributed by atoms with E-state index in [1.807, 2.05) is 0 Å².